The molecule has 134 valence electrons. The molecule has 2 aromatic rings. The minimum absolute atomic E-state index is 0.0447. The van der Waals surface area contributed by atoms with Gasteiger partial charge in [-0.05, 0) is 31.5 Å². The highest BCUT2D eigenvalue weighted by Crippen LogP contribution is 2.23. The molecular formula is C16H19ClN4O3S. The highest BCUT2D eigenvalue weighted by Gasteiger charge is 2.15. The van der Waals surface area contributed by atoms with Crippen molar-refractivity contribution in [1.29, 1.82) is 0 Å². The van der Waals surface area contributed by atoms with Crippen molar-refractivity contribution < 1.29 is 14.3 Å². The van der Waals surface area contributed by atoms with Gasteiger partial charge in [0.25, 0.3) is 0 Å². The van der Waals surface area contributed by atoms with Crippen LogP contribution in [0, 0.1) is 6.92 Å². The Kier molecular flexibility index (Phi) is 6.83. The number of hydrogen-bond donors (Lipinski definition) is 1. The molecule has 0 aliphatic heterocycles. The van der Waals surface area contributed by atoms with Crippen molar-refractivity contribution in [2.24, 2.45) is 7.05 Å². The number of nitrogens with one attached hydrogen (secondary N) is 1. The van der Waals surface area contributed by atoms with Crippen LogP contribution >= 0.6 is 23.4 Å². The van der Waals surface area contributed by atoms with E-state index in [0.717, 1.165) is 5.56 Å². The number of anilines is 1. The third-order valence-electron chi connectivity index (χ3n) is 3.26. The van der Waals surface area contributed by atoms with E-state index in [1.807, 2.05) is 13.0 Å². The fourth-order valence-electron chi connectivity index (χ4n) is 2.00. The van der Waals surface area contributed by atoms with Crippen LogP contribution in [-0.4, -0.2) is 39.0 Å². The molecule has 0 spiro atoms. The zero-order valence-corrected chi connectivity index (χ0v) is 15.8. The van der Waals surface area contributed by atoms with Crippen LogP contribution in [0.15, 0.2) is 23.4 Å². The largest absolute Gasteiger partial charge is 0.466 e. The number of nitrogens with zero attached hydrogens (tertiary/aromatic N) is 3. The number of aryl methyl sites for hydroxylation is 1. The van der Waals surface area contributed by atoms with Crippen molar-refractivity contribution >= 4 is 40.9 Å². The summed E-state index contributed by atoms with van der Waals surface area (Å²) in [7, 11) is 1.74. The van der Waals surface area contributed by atoms with E-state index in [1.54, 1.807) is 30.7 Å². The Balaban J connectivity index is 1.91. The number of ether oxygens (including phenoxy) is 1. The van der Waals surface area contributed by atoms with E-state index < -0.39 is 0 Å². The summed E-state index contributed by atoms with van der Waals surface area (Å²) >= 11 is 7.33. The molecule has 9 heteroatoms. The maximum atomic E-state index is 12.1. The summed E-state index contributed by atoms with van der Waals surface area (Å²) < 4.78 is 6.57. The van der Waals surface area contributed by atoms with Gasteiger partial charge in [-0.1, -0.05) is 29.4 Å². The number of amides is 1. The average molecular weight is 383 g/mol. The third-order valence-corrected chi connectivity index (χ3v) is 4.60. The Morgan fingerprint density at radius 2 is 2.12 bits per heavy atom. The van der Waals surface area contributed by atoms with Crippen LogP contribution in [0.1, 0.15) is 18.3 Å². The first-order valence-electron chi connectivity index (χ1n) is 7.63. The average Bonchev–Trinajstić information content (AvgIpc) is 2.89. The minimum atomic E-state index is -0.360. The summed E-state index contributed by atoms with van der Waals surface area (Å²) in [5.41, 5.74) is 1.59. The Morgan fingerprint density at radius 3 is 2.80 bits per heavy atom. The number of carbonyl (C=O) groups is 2. The Hall–Kier alpha value is -2.06. The Morgan fingerprint density at radius 1 is 1.36 bits per heavy atom. The maximum Gasteiger partial charge on any atom is 0.313 e. The molecule has 7 nitrogen and oxygen atoms in total. The van der Waals surface area contributed by atoms with Gasteiger partial charge in [0, 0.05) is 7.05 Å². The molecule has 0 fully saturated rings. The molecule has 0 saturated carbocycles. The lowest BCUT2D eigenvalue weighted by atomic mass is 10.2. The van der Waals surface area contributed by atoms with Crippen molar-refractivity contribution in [3.05, 3.63) is 34.6 Å². The Bertz CT molecular complexity index is 779. The fraction of sp³-hybridized carbons (Fsp3) is 0.375. The molecule has 2 rings (SSSR count). The zero-order valence-electron chi connectivity index (χ0n) is 14.2. The summed E-state index contributed by atoms with van der Waals surface area (Å²) in [5.74, 6) is 0.0743. The van der Waals surface area contributed by atoms with E-state index in [9.17, 15) is 9.59 Å². The molecule has 1 N–H and O–H groups in total. The van der Waals surface area contributed by atoms with Crippen molar-refractivity contribution in [2.45, 2.75) is 25.4 Å². The summed E-state index contributed by atoms with van der Waals surface area (Å²) in [6.45, 7) is 3.99. The van der Waals surface area contributed by atoms with Gasteiger partial charge in [-0.2, -0.15) is 0 Å². The Labute approximate surface area is 155 Å². The molecule has 1 amide bonds. The molecule has 0 bridgehead atoms. The highest BCUT2D eigenvalue weighted by atomic mass is 35.5. The number of rotatable bonds is 7. The third kappa shape index (κ3) is 5.47. The molecule has 0 atom stereocenters. The standard InChI is InChI=1S/C16H19ClN4O3S/c1-4-24-15(23)8-13-19-20-16(21(13)3)25-9-14(22)18-12-6-5-10(2)7-11(12)17/h5-7H,4,8-9H2,1-3H3,(H,18,22). The van der Waals surface area contributed by atoms with Crippen LogP contribution in [-0.2, 0) is 27.8 Å². The monoisotopic (exact) mass is 382 g/mol. The van der Waals surface area contributed by atoms with E-state index in [2.05, 4.69) is 15.5 Å². The van der Waals surface area contributed by atoms with Gasteiger partial charge in [0.05, 0.1) is 23.1 Å². The van der Waals surface area contributed by atoms with Gasteiger partial charge in [0.2, 0.25) is 5.91 Å². The van der Waals surface area contributed by atoms with Crippen molar-refractivity contribution in [3.8, 4) is 0 Å². The smallest absolute Gasteiger partial charge is 0.313 e. The van der Waals surface area contributed by atoms with E-state index >= 15 is 0 Å². The number of aromatic nitrogens is 3. The van der Waals surface area contributed by atoms with Crippen LogP contribution in [0.5, 0.6) is 0 Å². The van der Waals surface area contributed by atoms with Gasteiger partial charge in [-0.25, -0.2) is 0 Å². The molecule has 1 aromatic heterocycles. The second kappa shape index (κ2) is 8.87. The van der Waals surface area contributed by atoms with E-state index in [1.165, 1.54) is 11.8 Å². The lowest BCUT2D eigenvalue weighted by Crippen LogP contribution is -2.15. The number of esters is 1. The topological polar surface area (TPSA) is 86.1 Å². The molecule has 1 heterocycles. The molecular weight excluding hydrogens is 364 g/mol. The predicted octanol–water partition coefficient (Wildman–Crippen LogP) is 2.61. The predicted molar refractivity (Wildman–Crippen MR) is 96.9 cm³/mol. The van der Waals surface area contributed by atoms with E-state index in [4.69, 9.17) is 16.3 Å². The molecule has 25 heavy (non-hydrogen) atoms. The molecule has 1 aromatic carbocycles. The van der Waals surface area contributed by atoms with Gasteiger partial charge in [-0.15, -0.1) is 10.2 Å². The van der Waals surface area contributed by atoms with Crippen molar-refractivity contribution in [2.75, 3.05) is 17.7 Å². The van der Waals surface area contributed by atoms with Gasteiger partial charge >= 0.3 is 5.97 Å². The molecule has 0 aliphatic carbocycles. The van der Waals surface area contributed by atoms with Crippen LogP contribution < -0.4 is 5.32 Å². The summed E-state index contributed by atoms with van der Waals surface area (Å²) in [5, 5.41) is 11.8. The SMILES string of the molecule is CCOC(=O)Cc1nnc(SCC(=O)Nc2ccc(C)cc2Cl)n1C. The molecule has 0 aliphatic rings. The normalized spacial score (nSPS) is 10.6. The fourth-order valence-corrected chi connectivity index (χ4v) is 3.02. The van der Waals surface area contributed by atoms with Crippen LogP contribution in [0.25, 0.3) is 0 Å². The number of benzene rings is 1. The second-order valence-corrected chi connectivity index (χ2v) is 6.61. The lowest BCUT2D eigenvalue weighted by Gasteiger charge is -2.08. The zero-order chi connectivity index (χ0) is 18.4. The number of halogens is 1. The van der Waals surface area contributed by atoms with Gasteiger partial charge in [-0.3, -0.25) is 9.59 Å². The van der Waals surface area contributed by atoms with Gasteiger partial charge < -0.3 is 14.6 Å². The van der Waals surface area contributed by atoms with Crippen LogP contribution in [0.4, 0.5) is 5.69 Å². The highest BCUT2D eigenvalue weighted by molar-refractivity contribution is 7.99. The first-order valence-corrected chi connectivity index (χ1v) is 8.99. The van der Waals surface area contributed by atoms with E-state index in [0.29, 0.717) is 28.3 Å². The second-order valence-electron chi connectivity index (χ2n) is 5.26. The summed E-state index contributed by atoms with van der Waals surface area (Å²) in [6.07, 6.45) is 0.0447. The minimum Gasteiger partial charge on any atom is -0.466 e. The summed E-state index contributed by atoms with van der Waals surface area (Å²) in [4.78, 5) is 23.6. The maximum absolute atomic E-state index is 12.1. The number of hydrogen-bond acceptors (Lipinski definition) is 6. The van der Waals surface area contributed by atoms with Gasteiger partial charge in [0.15, 0.2) is 5.16 Å². The quantitative estimate of drug-likeness (QED) is 0.585. The molecule has 0 radical (unpaired) electrons. The van der Waals surface area contributed by atoms with Crippen LogP contribution in [0.2, 0.25) is 5.02 Å². The first-order chi connectivity index (χ1) is 11.9. The van der Waals surface area contributed by atoms with E-state index in [-0.39, 0.29) is 24.1 Å². The van der Waals surface area contributed by atoms with Crippen molar-refractivity contribution in [3.63, 3.8) is 0 Å². The number of carbonyl (C=O) groups excluding carboxylic acids is 2. The van der Waals surface area contributed by atoms with Crippen molar-refractivity contribution in [1.82, 2.24) is 14.8 Å². The summed E-state index contributed by atoms with van der Waals surface area (Å²) in [6, 6.07) is 5.42. The van der Waals surface area contributed by atoms with Crippen LogP contribution in [0.3, 0.4) is 0 Å². The first kappa shape index (κ1) is 19.3. The number of thioether (sulfide) groups is 1. The lowest BCUT2D eigenvalue weighted by molar-refractivity contribution is -0.142. The van der Waals surface area contributed by atoms with Gasteiger partial charge in [0.1, 0.15) is 12.2 Å². The molecule has 0 saturated heterocycles. The molecule has 0 unspecified atom stereocenters.